The first-order valence-corrected chi connectivity index (χ1v) is 9.80. The number of rotatable bonds is 8. The molecule has 9 nitrogen and oxygen atoms in total. The summed E-state index contributed by atoms with van der Waals surface area (Å²) in [6, 6.07) is 14.2. The number of para-hydroxylation sites is 1. The van der Waals surface area contributed by atoms with Crippen LogP contribution in [0.3, 0.4) is 0 Å². The molecule has 31 heavy (non-hydrogen) atoms. The van der Waals surface area contributed by atoms with Crippen LogP contribution in [-0.4, -0.2) is 27.5 Å². The smallest absolute Gasteiger partial charge is 0.353 e. The van der Waals surface area contributed by atoms with E-state index in [1.54, 1.807) is 31.2 Å². The van der Waals surface area contributed by atoms with Gasteiger partial charge in [-0.3, -0.25) is 10.1 Å². The van der Waals surface area contributed by atoms with Crippen molar-refractivity contribution < 1.29 is 14.5 Å². The minimum atomic E-state index is -0.569. The molecule has 3 rings (SSSR count). The lowest BCUT2D eigenvalue weighted by molar-refractivity contribution is -0.383. The van der Waals surface area contributed by atoms with Gasteiger partial charge in [0.2, 0.25) is 11.6 Å². The third-order valence-electron chi connectivity index (χ3n) is 4.52. The Bertz CT molecular complexity index is 1080. The second-order valence-electron chi connectivity index (χ2n) is 6.97. The molecule has 0 aliphatic heterocycles. The predicted octanol–water partition coefficient (Wildman–Crippen LogP) is 5.17. The summed E-state index contributed by atoms with van der Waals surface area (Å²) >= 11 is 0. The predicted molar refractivity (Wildman–Crippen MR) is 118 cm³/mol. The molecule has 1 heterocycles. The molecule has 9 heteroatoms. The fourth-order valence-corrected chi connectivity index (χ4v) is 2.93. The molecule has 160 valence electrons. The van der Waals surface area contributed by atoms with Crippen molar-refractivity contribution >= 4 is 34.7 Å². The van der Waals surface area contributed by atoms with Crippen molar-refractivity contribution in [3.05, 3.63) is 76.1 Å². The fraction of sp³-hybridized carbons (Fsp3) is 0.227. The Hall–Kier alpha value is -4.01. The number of carbonyl (C=O) groups is 1. The molecule has 2 aromatic carbocycles. The average molecular weight is 421 g/mol. The summed E-state index contributed by atoms with van der Waals surface area (Å²) in [4.78, 5) is 31.6. The van der Waals surface area contributed by atoms with Crippen molar-refractivity contribution in [2.24, 2.45) is 0 Å². The van der Waals surface area contributed by atoms with Gasteiger partial charge in [0.25, 0.3) is 0 Å². The van der Waals surface area contributed by atoms with E-state index in [2.05, 4.69) is 34.4 Å². The van der Waals surface area contributed by atoms with Crippen LogP contribution in [0.1, 0.15) is 42.6 Å². The first-order valence-electron chi connectivity index (χ1n) is 9.80. The van der Waals surface area contributed by atoms with Crippen LogP contribution in [0.15, 0.2) is 54.9 Å². The molecule has 3 aromatic rings. The van der Waals surface area contributed by atoms with Crippen LogP contribution in [0, 0.1) is 10.1 Å². The lowest BCUT2D eigenvalue weighted by atomic mass is 10.0. The molecule has 0 saturated heterocycles. The Balaban J connectivity index is 1.95. The number of nitrogens with zero attached hydrogens (tertiary/aromatic N) is 3. The molecule has 0 aliphatic carbocycles. The molecule has 0 fully saturated rings. The summed E-state index contributed by atoms with van der Waals surface area (Å²) in [5, 5.41) is 17.7. The summed E-state index contributed by atoms with van der Waals surface area (Å²) in [6.07, 6.45) is 1.22. The third-order valence-corrected chi connectivity index (χ3v) is 4.52. The SMILES string of the molecule is CCOC(=O)c1ccccc1Nc1ncnc(Nc2ccc(C(C)C)cc2)c1[N+](=O)[O-]. The highest BCUT2D eigenvalue weighted by atomic mass is 16.6. The maximum Gasteiger partial charge on any atom is 0.353 e. The normalized spacial score (nSPS) is 10.6. The molecule has 0 spiro atoms. The molecular weight excluding hydrogens is 398 g/mol. The molecular formula is C22H23N5O4. The monoisotopic (exact) mass is 421 g/mol. The van der Waals surface area contributed by atoms with Gasteiger partial charge in [-0.25, -0.2) is 14.8 Å². The van der Waals surface area contributed by atoms with Gasteiger partial charge in [0.15, 0.2) is 0 Å². The Morgan fingerprint density at radius 1 is 1.06 bits per heavy atom. The zero-order valence-electron chi connectivity index (χ0n) is 17.5. The third kappa shape index (κ3) is 5.13. The number of esters is 1. The van der Waals surface area contributed by atoms with Crippen molar-refractivity contribution in [2.45, 2.75) is 26.7 Å². The summed E-state index contributed by atoms with van der Waals surface area (Å²) in [5.41, 5.74) is 2.06. The molecule has 0 aliphatic rings. The summed E-state index contributed by atoms with van der Waals surface area (Å²) in [7, 11) is 0. The van der Waals surface area contributed by atoms with E-state index in [4.69, 9.17) is 4.74 Å². The van der Waals surface area contributed by atoms with Gasteiger partial charge in [0, 0.05) is 5.69 Å². The van der Waals surface area contributed by atoms with Crippen LogP contribution >= 0.6 is 0 Å². The van der Waals surface area contributed by atoms with Gasteiger partial charge in [-0.05, 0) is 42.7 Å². The van der Waals surface area contributed by atoms with Crippen LogP contribution < -0.4 is 10.6 Å². The second kappa shape index (κ2) is 9.66. The van der Waals surface area contributed by atoms with Gasteiger partial charge >= 0.3 is 11.7 Å². The van der Waals surface area contributed by atoms with E-state index in [1.807, 2.05) is 24.3 Å². The molecule has 0 saturated carbocycles. The van der Waals surface area contributed by atoms with E-state index in [9.17, 15) is 14.9 Å². The zero-order chi connectivity index (χ0) is 22.4. The number of ether oxygens (including phenoxy) is 1. The number of nitrogens with one attached hydrogen (secondary N) is 2. The Labute approximate surface area is 179 Å². The Kier molecular flexibility index (Phi) is 6.76. The number of aromatic nitrogens is 2. The lowest BCUT2D eigenvalue weighted by Gasteiger charge is -2.13. The second-order valence-corrected chi connectivity index (χ2v) is 6.97. The largest absolute Gasteiger partial charge is 0.462 e. The number of benzene rings is 2. The van der Waals surface area contributed by atoms with E-state index >= 15 is 0 Å². The van der Waals surface area contributed by atoms with Crippen molar-refractivity contribution in [1.29, 1.82) is 0 Å². The van der Waals surface area contributed by atoms with Crippen molar-refractivity contribution in [3.8, 4) is 0 Å². The van der Waals surface area contributed by atoms with Crippen LogP contribution in [-0.2, 0) is 4.74 Å². The number of anilines is 4. The van der Waals surface area contributed by atoms with Crippen LogP contribution in [0.2, 0.25) is 0 Å². The van der Waals surface area contributed by atoms with E-state index in [-0.39, 0.29) is 29.5 Å². The maximum atomic E-state index is 12.2. The summed E-state index contributed by atoms with van der Waals surface area (Å²) in [5.74, 6) is -0.171. The number of hydrogen-bond donors (Lipinski definition) is 2. The molecule has 0 atom stereocenters. The first kappa shape index (κ1) is 21.7. The zero-order valence-corrected chi connectivity index (χ0v) is 17.5. The molecule has 0 unspecified atom stereocenters. The topological polar surface area (TPSA) is 119 Å². The van der Waals surface area contributed by atoms with E-state index in [0.717, 1.165) is 5.56 Å². The van der Waals surface area contributed by atoms with Crippen molar-refractivity contribution in [2.75, 3.05) is 17.2 Å². The molecule has 0 radical (unpaired) electrons. The van der Waals surface area contributed by atoms with Gasteiger partial charge in [-0.2, -0.15) is 0 Å². The van der Waals surface area contributed by atoms with Crippen LogP contribution in [0.5, 0.6) is 0 Å². The number of nitro groups is 1. The van der Waals surface area contributed by atoms with Gasteiger partial charge in [0.05, 0.1) is 22.8 Å². The van der Waals surface area contributed by atoms with Crippen LogP contribution in [0.4, 0.5) is 28.7 Å². The number of carbonyl (C=O) groups excluding carboxylic acids is 1. The highest BCUT2D eigenvalue weighted by Gasteiger charge is 2.24. The molecule has 1 aromatic heterocycles. The van der Waals surface area contributed by atoms with Crippen molar-refractivity contribution in [1.82, 2.24) is 9.97 Å². The minimum Gasteiger partial charge on any atom is -0.462 e. The number of hydrogen-bond acceptors (Lipinski definition) is 8. The Morgan fingerprint density at radius 3 is 2.32 bits per heavy atom. The van der Waals surface area contributed by atoms with E-state index in [0.29, 0.717) is 17.3 Å². The molecule has 0 amide bonds. The summed E-state index contributed by atoms with van der Waals surface area (Å²) < 4.78 is 5.06. The summed E-state index contributed by atoms with van der Waals surface area (Å²) in [6.45, 7) is 6.09. The Morgan fingerprint density at radius 2 is 1.71 bits per heavy atom. The van der Waals surface area contributed by atoms with E-state index in [1.165, 1.54) is 6.33 Å². The minimum absolute atomic E-state index is 0.0356. The van der Waals surface area contributed by atoms with Crippen molar-refractivity contribution in [3.63, 3.8) is 0 Å². The average Bonchev–Trinajstić information content (AvgIpc) is 2.74. The maximum absolute atomic E-state index is 12.2. The standard InChI is InChI=1S/C22H23N5O4/c1-4-31-22(28)17-7-5-6-8-18(17)26-21-19(27(29)30)20(23-13-24-21)25-16-11-9-15(10-12-16)14(2)3/h5-14H,4H2,1-3H3,(H2,23,24,25,26). The fourth-order valence-electron chi connectivity index (χ4n) is 2.93. The van der Waals surface area contributed by atoms with E-state index < -0.39 is 10.9 Å². The lowest BCUT2D eigenvalue weighted by Crippen LogP contribution is -2.10. The van der Waals surface area contributed by atoms with Gasteiger partial charge in [-0.1, -0.05) is 38.1 Å². The highest BCUT2D eigenvalue weighted by Crippen LogP contribution is 2.34. The van der Waals surface area contributed by atoms with Crippen LogP contribution in [0.25, 0.3) is 0 Å². The van der Waals surface area contributed by atoms with Gasteiger partial charge < -0.3 is 15.4 Å². The highest BCUT2D eigenvalue weighted by molar-refractivity contribution is 5.97. The van der Waals surface area contributed by atoms with Gasteiger partial charge in [0.1, 0.15) is 6.33 Å². The molecule has 2 N–H and O–H groups in total. The quantitative estimate of drug-likeness (QED) is 0.290. The van der Waals surface area contributed by atoms with Gasteiger partial charge in [-0.15, -0.1) is 0 Å². The molecule has 0 bridgehead atoms. The first-order chi connectivity index (χ1) is 14.9.